The molecule has 0 aromatic heterocycles. The third-order valence-electron chi connectivity index (χ3n) is 1.75. The van der Waals surface area contributed by atoms with Crippen molar-refractivity contribution in [3.8, 4) is 0 Å². The SMILES string of the molecule is O=C(Nc1ccc(CO)cc1)OCC(F)(F)F. The normalized spacial score (nSPS) is 11.1. The van der Waals surface area contributed by atoms with E-state index in [1.165, 1.54) is 24.3 Å². The molecule has 1 rings (SSSR count). The molecule has 1 aromatic carbocycles. The van der Waals surface area contributed by atoms with E-state index in [0.29, 0.717) is 5.56 Å². The zero-order chi connectivity index (χ0) is 12.9. The number of benzene rings is 1. The fraction of sp³-hybridized carbons (Fsp3) is 0.300. The number of rotatable bonds is 3. The van der Waals surface area contributed by atoms with Crippen LogP contribution in [0.15, 0.2) is 24.3 Å². The second kappa shape index (κ2) is 5.53. The fourth-order valence-electron chi connectivity index (χ4n) is 0.995. The summed E-state index contributed by atoms with van der Waals surface area (Å²) in [5.74, 6) is 0. The topological polar surface area (TPSA) is 58.6 Å². The highest BCUT2D eigenvalue weighted by atomic mass is 19.4. The first-order valence-corrected chi connectivity index (χ1v) is 4.61. The van der Waals surface area contributed by atoms with Crippen molar-refractivity contribution in [1.29, 1.82) is 0 Å². The van der Waals surface area contributed by atoms with E-state index in [-0.39, 0.29) is 12.3 Å². The monoisotopic (exact) mass is 249 g/mol. The molecule has 0 unspecified atom stereocenters. The molecule has 0 spiro atoms. The Labute approximate surface area is 95.0 Å². The van der Waals surface area contributed by atoms with Crippen LogP contribution in [0.2, 0.25) is 0 Å². The molecule has 0 bridgehead atoms. The zero-order valence-corrected chi connectivity index (χ0v) is 8.62. The fourth-order valence-corrected chi connectivity index (χ4v) is 0.995. The molecule has 2 N–H and O–H groups in total. The van der Waals surface area contributed by atoms with Crippen LogP contribution in [0.25, 0.3) is 0 Å². The summed E-state index contributed by atoms with van der Waals surface area (Å²) in [7, 11) is 0. The number of nitrogens with one attached hydrogen (secondary N) is 1. The molecule has 0 radical (unpaired) electrons. The predicted octanol–water partition coefficient (Wildman–Crippen LogP) is 2.29. The van der Waals surface area contributed by atoms with Gasteiger partial charge >= 0.3 is 12.3 Å². The molecule has 17 heavy (non-hydrogen) atoms. The van der Waals surface area contributed by atoms with E-state index in [2.05, 4.69) is 10.1 Å². The Kier molecular flexibility index (Phi) is 4.33. The van der Waals surface area contributed by atoms with Gasteiger partial charge in [0.2, 0.25) is 0 Å². The molecule has 0 heterocycles. The molecule has 4 nitrogen and oxygen atoms in total. The number of hydrogen-bond acceptors (Lipinski definition) is 3. The summed E-state index contributed by atoms with van der Waals surface area (Å²) in [5.41, 5.74) is 0.911. The molecule has 0 aliphatic rings. The number of carbonyl (C=O) groups is 1. The second-order valence-corrected chi connectivity index (χ2v) is 3.17. The maximum atomic E-state index is 11.7. The molecule has 0 atom stereocenters. The van der Waals surface area contributed by atoms with E-state index < -0.39 is 18.9 Å². The Hall–Kier alpha value is -1.76. The zero-order valence-electron chi connectivity index (χ0n) is 8.62. The van der Waals surface area contributed by atoms with Crippen LogP contribution in [0.5, 0.6) is 0 Å². The van der Waals surface area contributed by atoms with Gasteiger partial charge in [0, 0.05) is 5.69 Å². The first-order valence-electron chi connectivity index (χ1n) is 4.61. The van der Waals surface area contributed by atoms with Crippen LogP contribution in [-0.2, 0) is 11.3 Å². The number of ether oxygens (including phenoxy) is 1. The summed E-state index contributed by atoms with van der Waals surface area (Å²) in [4.78, 5) is 10.9. The van der Waals surface area contributed by atoms with Crippen LogP contribution in [0.1, 0.15) is 5.56 Å². The standard InChI is InChI=1S/C10H10F3NO3/c11-10(12,13)6-17-9(16)14-8-3-1-7(5-15)2-4-8/h1-4,15H,5-6H2,(H,14,16). The van der Waals surface area contributed by atoms with E-state index in [1.807, 2.05) is 0 Å². The average molecular weight is 249 g/mol. The van der Waals surface area contributed by atoms with Gasteiger partial charge in [-0.15, -0.1) is 0 Å². The van der Waals surface area contributed by atoms with Crippen LogP contribution in [0.3, 0.4) is 0 Å². The van der Waals surface area contributed by atoms with Crippen LogP contribution >= 0.6 is 0 Å². The van der Waals surface area contributed by atoms with Crippen molar-refractivity contribution in [1.82, 2.24) is 0 Å². The van der Waals surface area contributed by atoms with E-state index in [4.69, 9.17) is 5.11 Å². The first kappa shape index (κ1) is 13.3. The van der Waals surface area contributed by atoms with Crippen molar-refractivity contribution in [2.24, 2.45) is 0 Å². The second-order valence-electron chi connectivity index (χ2n) is 3.17. The molecular formula is C10H10F3NO3. The highest BCUT2D eigenvalue weighted by molar-refractivity contribution is 5.84. The van der Waals surface area contributed by atoms with E-state index in [9.17, 15) is 18.0 Å². The number of anilines is 1. The molecule has 1 amide bonds. The van der Waals surface area contributed by atoms with Gasteiger partial charge in [0.05, 0.1) is 6.61 Å². The van der Waals surface area contributed by atoms with Gasteiger partial charge in [0.1, 0.15) is 0 Å². The van der Waals surface area contributed by atoms with Crippen LogP contribution in [0, 0.1) is 0 Å². The van der Waals surface area contributed by atoms with Crippen LogP contribution in [0.4, 0.5) is 23.7 Å². The van der Waals surface area contributed by atoms with Crippen molar-refractivity contribution in [3.05, 3.63) is 29.8 Å². The average Bonchev–Trinajstić information content (AvgIpc) is 2.27. The number of amides is 1. The number of carbonyl (C=O) groups excluding carboxylic acids is 1. The lowest BCUT2D eigenvalue weighted by molar-refractivity contribution is -0.159. The molecule has 0 saturated heterocycles. The largest absolute Gasteiger partial charge is 0.440 e. The minimum atomic E-state index is -4.54. The van der Waals surface area contributed by atoms with E-state index in [0.717, 1.165) is 0 Å². The number of aliphatic hydroxyl groups is 1. The Balaban J connectivity index is 2.45. The smallest absolute Gasteiger partial charge is 0.422 e. The van der Waals surface area contributed by atoms with Crippen molar-refractivity contribution in [2.75, 3.05) is 11.9 Å². The quantitative estimate of drug-likeness (QED) is 0.864. The number of halogens is 3. The van der Waals surface area contributed by atoms with Crippen LogP contribution in [-0.4, -0.2) is 24.0 Å². The summed E-state index contributed by atoms with van der Waals surface area (Å²) in [6.45, 7) is -1.79. The Morgan fingerprint density at radius 1 is 1.29 bits per heavy atom. The van der Waals surface area contributed by atoms with E-state index in [1.54, 1.807) is 0 Å². The van der Waals surface area contributed by atoms with Crippen molar-refractivity contribution >= 4 is 11.8 Å². The molecular weight excluding hydrogens is 239 g/mol. The van der Waals surface area contributed by atoms with Gasteiger partial charge in [-0.3, -0.25) is 5.32 Å². The van der Waals surface area contributed by atoms with E-state index >= 15 is 0 Å². The lowest BCUT2D eigenvalue weighted by Crippen LogP contribution is -2.23. The molecule has 0 fully saturated rings. The molecule has 1 aromatic rings. The molecule has 7 heteroatoms. The number of hydrogen-bond donors (Lipinski definition) is 2. The van der Waals surface area contributed by atoms with Gasteiger partial charge in [-0.1, -0.05) is 12.1 Å². The van der Waals surface area contributed by atoms with Gasteiger partial charge in [-0.05, 0) is 17.7 Å². The molecule has 0 aliphatic heterocycles. The van der Waals surface area contributed by atoms with Gasteiger partial charge in [-0.2, -0.15) is 13.2 Å². The highest BCUT2D eigenvalue weighted by Crippen LogP contribution is 2.15. The third-order valence-corrected chi connectivity index (χ3v) is 1.75. The lowest BCUT2D eigenvalue weighted by atomic mass is 10.2. The van der Waals surface area contributed by atoms with Crippen molar-refractivity contribution in [3.63, 3.8) is 0 Å². The number of aliphatic hydroxyl groups excluding tert-OH is 1. The third kappa shape index (κ3) is 5.21. The summed E-state index contributed by atoms with van der Waals surface area (Å²) in [6, 6.07) is 5.94. The van der Waals surface area contributed by atoms with Crippen molar-refractivity contribution in [2.45, 2.75) is 12.8 Å². The van der Waals surface area contributed by atoms with Gasteiger partial charge in [0.15, 0.2) is 6.61 Å². The van der Waals surface area contributed by atoms with Gasteiger partial charge in [-0.25, -0.2) is 4.79 Å². The van der Waals surface area contributed by atoms with Gasteiger partial charge < -0.3 is 9.84 Å². The van der Waals surface area contributed by atoms with Crippen molar-refractivity contribution < 1.29 is 27.8 Å². The van der Waals surface area contributed by atoms with Crippen LogP contribution < -0.4 is 5.32 Å². The summed E-state index contributed by atoms with van der Waals surface area (Å²) in [5, 5.41) is 10.9. The Morgan fingerprint density at radius 3 is 2.35 bits per heavy atom. The minimum Gasteiger partial charge on any atom is -0.440 e. The summed E-state index contributed by atoms with van der Waals surface area (Å²) >= 11 is 0. The first-order chi connectivity index (χ1) is 7.90. The summed E-state index contributed by atoms with van der Waals surface area (Å²) in [6.07, 6.45) is -5.72. The Bertz CT molecular complexity index is 375. The predicted molar refractivity (Wildman–Crippen MR) is 53.4 cm³/mol. The lowest BCUT2D eigenvalue weighted by Gasteiger charge is -2.09. The molecule has 0 saturated carbocycles. The molecule has 94 valence electrons. The number of alkyl halides is 3. The maximum absolute atomic E-state index is 11.7. The summed E-state index contributed by atoms with van der Waals surface area (Å²) < 4.78 is 39.1. The minimum absolute atomic E-state index is 0.154. The Morgan fingerprint density at radius 2 is 1.88 bits per heavy atom. The highest BCUT2D eigenvalue weighted by Gasteiger charge is 2.29. The van der Waals surface area contributed by atoms with Gasteiger partial charge in [0.25, 0.3) is 0 Å². The molecule has 0 aliphatic carbocycles. The maximum Gasteiger partial charge on any atom is 0.422 e.